The molecule has 0 radical (unpaired) electrons. The summed E-state index contributed by atoms with van der Waals surface area (Å²) in [6.45, 7) is 5.22. The van der Waals surface area contributed by atoms with Crippen molar-refractivity contribution in [1.82, 2.24) is 0 Å². The SMILES string of the molecule is CCCOc1cc(C=CC(=S)OCC)ccc1OC. The summed E-state index contributed by atoms with van der Waals surface area (Å²) in [5.41, 5.74) is 0.994. The van der Waals surface area contributed by atoms with Crippen LogP contribution >= 0.6 is 12.2 Å². The molecule has 4 heteroatoms. The Morgan fingerprint density at radius 1 is 1.26 bits per heavy atom. The standard InChI is InChI=1S/C15H20O3S/c1-4-10-18-14-11-12(6-8-13(14)16-3)7-9-15(19)17-5-2/h6-9,11H,4-5,10H2,1-3H3. The van der Waals surface area contributed by atoms with Crippen molar-refractivity contribution in [1.29, 1.82) is 0 Å². The van der Waals surface area contributed by atoms with Crippen molar-refractivity contribution in [3.63, 3.8) is 0 Å². The summed E-state index contributed by atoms with van der Waals surface area (Å²) in [6.07, 6.45) is 4.62. The van der Waals surface area contributed by atoms with E-state index in [0.29, 0.717) is 18.3 Å². The molecule has 0 spiro atoms. The Balaban J connectivity index is 2.82. The zero-order valence-corrected chi connectivity index (χ0v) is 12.5. The van der Waals surface area contributed by atoms with E-state index < -0.39 is 0 Å². The van der Waals surface area contributed by atoms with Gasteiger partial charge in [-0.2, -0.15) is 0 Å². The number of benzene rings is 1. The lowest BCUT2D eigenvalue weighted by Gasteiger charge is -2.10. The molecule has 1 rings (SSSR count). The summed E-state index contributed by atoms with van der Waals surface area (Å²) >= 11 is 5.04. The van der Waals surface area contributed by atoms with Crippen LogP contribution in [0.5, 0.6) is 11.5 Å². The first-order valence-electron chi connectivity index (χ1n) is 6.37. The third-order valence-electron chi connectivity index (χ3n) is 2.35. The van der Waals surface area contributed by atoms with E-state index in [1.165, 1.54) is 0 Å². The van der Waals surface area contributed by atoms with Gasteiger partial charge >= 0.3 is 0 Å². The zero-order valence-electron chi connectivity index (χ0n) is 11.6. The molecule has 3 nitrogen and oxygen atoms in total. The predicted molar refractivity (Wildman–Crippen MR) is 82.0 cm³/mol. The number of hydrogen-bond acceptors (Lipinski definition) is 4. The second kappa shape index (κ2) is 8.53. The van der Waals surface area contributed by atoms with Gasteiger partial charge in [-0.05, 0) is 49.3 Å². The number of ether oxygens (including phenoxy) is 3. The van der Waals surface area contributed by atoms with Crippen molar-refractivity contribution in [2.24, 2.45) is 0 Å². The Morgan fingerprint density at radius 2 is 2.05 bits per heavy atom. The second-order valence-corrected chi connectivity index (χ2v) is 4.25. The summed E-state index contributed by atoms with van der Waals surface area (Å²) in [5.74, 6) is 1.48. The van der Waals surface area contributed by atoms with Gasteiger partial charge in [-0.15, -0.1) is 0 Å². The van der Waals surface area contributed by atoms with E-state index in [4.69, 9.17) is 26.4 Å². The summed E-state index contributed by atoms with van der Waals surface area (Å²) in [6, 6.07) is 5.76. The van der Waals surface area contributed by atoms with E-state index in [1.807, 2.05) is 31.2 Å². The fourth-order valence-electron chi connectivity index (χ4n) is 1.48. The molecule has 0 bridgehead atoms. The molecule has 0 saturated heterocycles. The van der Waals surface area contributed by atoms with Gasteiger partial charge in [-0.3, -0.25) is 0 Å². The van der Waals surface area contributed by atoms with E-state index in [1.54, 1.807) is 13.2 Å². The minimum atomic E-state index is 0.481. The van der Waals surface area contributed by atoms with Crippen LogP contribution in [0.25, 0.3) is 6.08 Å². The van der Waals surface area contributed by atoms with Crippen molar-refractivity contribution < 1.29 is 14.2 Å². The number of rotatable bonds is 7. The van der Waals surface area contributed by atoms with Gasteiger partial charge in [-0.1, -0.05) is 19.1 Å². The first-order valence-corrected chi connectivity index (χ1v) is 6.77. The maximum absolute atomic E-state index is 5.65. The third-order valence-corrected chi connectivity index (χ3v) is 2.60. The molecule has 0 aliphatic heterocycles. The van der Waals surface area contributed by atoms with Gasteiger partial charge in [0, 0.05) is 0 Å². The van der Waals surface area contributed by atoms with Crippen molar-refractivity contribution >= 4 is 23.3 Å². The predicted octanol–water partition coefficient (Wildman–Crippen LogP) is 3.86. The van der Waals surface area contributed by atoms with Gasteiger partial charge in [0.25, 0.3) is 0 Å². The lowest BCUT2D eigenvalue weighted by molar-refractivity contribution is 0.294. The summed E-state index contributed by atoms with van der Waals surface area (Å²) in [5, 5.41) is 0.481. The quantitative estimate of drug-likeness (QED) is 0.560. The summed E-state index contributed by atoms with van der Waals surface area (Å²) in [7, 11) is 1.63. The minimum absolute atomic E-state index is 0.481. The van der Waals surface area contributed by atoms with Crippen molar-refractivity contribution in [2.75, 3.05) is 20.3 Å². The molecule has 0 amide bonds. The number of methoxy groups -OCH3 is 1. The molecule has 0 fully saturated rings. The van der Waals surface area contributed by atoms with Crippen LogP contribution < -0.4 is 9.47 Å². The van der Waals surface area contributed by atoms with Crippen molar-refractivity contribution in [2.45, 2.75) is 20.3 Å². The van der Waals surface area contributed by atoms with E-state index in [9.17, 15) is 0 Å². The molecule has 104 valence electrons. The van der Waals surface area contributed by atoms with Gasteiger partial charge < -0.3 is 14.2 Å². The largest absolute Gasteiger partial charge is 0.493 e. The maximum Gasteiger partial charge on any atom is 0.183 e. The molecular weight excluding hydrogens is 260 g/mol. The van der Waals surface area contributed by atoms with E-state index in [0.717, 1.165) is 23.5 Å². The molecule has 1 aromatic rings. The van der Waals surface area contributed by atoms with Crippen LogP contribution in [0.15, 0.2) is 24.3 Å². The van der Waals surface area contributed by atoms with Crippen molar-refractivity contribution in [3.8, 4) is 11.5 Å². The third kappa shape index (κ3) is 5.30. The normalized spacial score (nSPS) is 10.5. The molecule has 1 aromatic carbocycles. The van der Waals surface area contributed by atoms with Crippen molar-refractivity contribution in [3.05, 3.63) is 29.8 Å². The lowest BCUT2D eigenvalue weighted by Crippen LogP contribution is -1.98. The van der Waals surface area contributed by atoms with Crippen LogP contribution in [0.2, 0.25) is 0 Å². The highest BCUT2D eigenvalue weighted by atomic mass is 32.1. The summed E-state index contributed by atoms with van der Waals surface area (Å²) < 4.78 is 16.1. The van der Waals surface area contributed by atoms with Crippen LogP contribution in [0, 0.1) is 0 Å². The average molecular weight is 280 g/mol. The lowest BCUT2D eigenvalue weighted by atomic mass is 10.2. The highest BCUT2D eigenvalue weighted by Gasteiger charge is 2.04. The molecular formula is C15H20O3S. The summed E-state index contributed by atoms with van der Waals surface area (Å²) in [4.78, 5) is 0. The first kappa shape index (κ1) is 15.5. The fraction of sp³-hybridized carbons (Fsp3) is 0.400. The molecule has 0 aliphatic carbocycles. The Labute approximate surface area is 120 Å². The molecule has 0 heterocycles. The van der Waals surface area contributed by atoms with Crippen LogP contribution in [-0.4, -0.2) is 25.4 Å². The minimum Gasteiger partial charge on any atom is -0.493 e. The molecule has 0 N–H and O–H groups in total. The van der Waals surface area contributed by atoms with Gasteiger partial charge in [0.15, 0.2) is 16.5 Å². The monoisotopic (exact) mass is 280 g/mol. The molecule has 0 aliphatic rings. The van der Waals surface area contributed by atoms with Gasteiger partial charge in [0.2, 0.25) is 0 Å². The van der Waals surface area contributed by atoms with Crippen LogP contribution in [0.3, 0.4) is 0 Å². The highest BCUT2D eigenvalue weighted by Crippen LogP contribution is 2.28. The molecule has 0 atom stereocenters. The highest BCUT2D eigenvalue weighted by molar-refractivity contribution is 7.80. The van der Waals surface area contributed by atoms with Gasteiger partial charge in [0.1, 0.15) is 0 Å². The maximum atomic E-state index is 5.65. The van der Waals surface area contributed by atoms with Crippen LogP contribution in [-0.2, 0) is 4.74 Å². The second-order valence-electron chi connectivity index (χ2n) is 3.84. The number of thiocarbonyl (C=S) groups is 1. The Kier molecular flexibility index (Phi) is 6.97. The molecule has 0 aromatic heterocycles. The average Bonchev–Trinajstić information content (AvgIpc) is 2.43. The van der Waals surface area contributed by atoms with Gasteiger partial charge in [-0.25, -0.2) is 0 Å². The van der Waals surface area contributed by atoms with E-state index in [2.05, 4.69) is 6.92 Å². The molecule has 19 heavy (non-hydrogen) atoms. The van der Waals surface area contributed by atoms with Crippen LogP contribution in [0.1, 0.15) is 25.8 Å². The van der Waals surface area contributed by atoms with E-state index in [-0.39, 0.29) is 0 Å². The smallest absolute Gasteiger partial charge is 0.183 e. The molecule has 0 saturated carbocycles. The Hall–Kier alpha value is -1.55. The Bertz CT molecular complexity index is 441. The fourth-order valence-corrected chi connectivity index (χ4v) is 1.66. The Morgan fingerprint density at radius 3 is 2.68 bits per heavy atom. The molecule has 0 unspecified atom stereocenters. The zero-order chi connectivity index (χ0) is 14.1. The topological polar surface area (TPSA) is 27.7 Å². The number of hydrogen-bond donors (Lipinski definition) is 0. The first-order chi connectivity index (χ1) is 9.21. The van der Waals surface area contributed by atoms with Gasteiger partial charge in [0.05, 0.1) is 20.3 Å². The van der Waals surface area contributed by atoms with Crippen LogP contribution in [0.4, 0.5) is 0 Å². The van der Waals surface area contributed by atoms with E-state index >= 15 is 0 Å².